The third-order valence-corrected chi connectivity index (χ3v) is 2.02. The number of hydrogen-bond acceptors (Lipinski definition) is 3. The molecule has 0 aliphatic rings. The zero-order valence-corrected chi connectivity index (χ0v) is 7.82. The maximum absolute atomic E-state index is 10.8. The molecule has 4 nitrogen and oxygen atoms in total. The smallest absolute Gasteiger partial charge is 0.312 e. The van der Waals surface area contributed by atoms with Crippen LogP contribution in [0.15, 0.2) is 12.5 Å². The standard InChI is InChI=1S/C8H9ClN2O2/c1-2-5(8(12)13)7-6(9)3-10-4-11-7/h3-5H,2H2,1H3,(H,12,13). The van der Waals surface area contributed by atoms with Crippen molar-refractivity contribution in [1.29, 1.82) is 0 Å². The Hall–Kier alpha value is -1.16. The van der Waals surface area contributed by atoms with Gasteiger partial charge in [0.1, 0.15) is 12.2 Å². The summed E-state index contributed by atoms with van der Waals surface area (Å²) in [5.74, 6) is -1.56. The summed E-state index contributed by atoms with van der Waals surface area (Å²) in [5, 5.41) is 9.13. The zero-order chi connectivity index (χ0) is 9.84. The van der Waals surface area contributed by atoms with Crippen molar-refractivity contribution in [3.63, 3.8) is 0 Å². The Balaban J connectivity index is 3.04. The van der Waals surface area contributed by atoms with Gasteiger partial charge in [0.15, 0.2) is 0 Å². The Morgan fingerprint density at radius 2 is 2.46 bits per heavy atom. The van der Waals surface area contributed by atoms with Gasteiger partial charge in [0.2, 0.25) is 0 Å². The highest BCUT2D eigenvalue weighted by atomic mass is 35.5. The maximum atomic E-state index is 10.8. The summed E-state index contributed by atoms with van der Waals surface area (Å²) in [6.45, 7) is 1.78. The second-order valence-electron chi connectivity index (χ2n) is 2.55. The predicted molar refractivity (Wildman–Crippen MR) is 47.7 cm³/mol. The zero-order valence-electron chi connectivity index (χ0n) is 7.07. The average Bonchev–Trinajstić information content (AvgIpc) is 2.09. The fourth-order valence-corrected chi connectivity index (χ4v) is 1.30. The van der Waals surface area contributed by atoms with E-state index >= 15 is 0 Å². The first-order valence-corrected chi connectivity index (χ1v) is 4.22. The molecule has 0 aliphatic heterocycles. The molecule has 1 heterocycles. The number of aliphatic carboxylic acids is 1. The van der Waals surface area contributed by atoms with Crippen molar-refractivity contribution >= 4 is 17.6 Å². The number of halogens is 1. The molecule has 0 aromatic carbocycles. The minimum atomic E-state index is -0.914. The lowest BCUT2D eigenvalue weighted by molar-refractivity contribution is -0.138. The molecule has 1 atom stereocenters. The molecule has 13 heavy (non-hydrogen) atoms. The largest absolute Gasteiger partial charge is 0.481 e. The summed E-state index contributed by atoms with van der Waals surface area (Å²) < 4.78 is 0. The number of nitrogens with zero attached hydrogens (tertiary/aromatic N) is 2. The van der Waals surface area contributed by atoms with Crippen molar-refractivity contribution in [2.75, 3.05) is 0 Å². The molecule has 0 aliphatic carbocycles. The van der Waals surface area contributed by atoms with Crippen LogP contribution in [0.2, 0.25) is 5.02 Å². The summed E-state index contributed by atoms with van der Waals surface area (Å²) in [6.07, 6.45) is 3.16. The normalized spacial score (nSPS) is 12.5. The molecule has 0 saturated heterocycles. The molecule has 0 saturated carbocycles. The van der Waals surface area contributed by atoms with Gasteiger partial charge in [-0.15, -0.1) is 0 Å². The number of carbonyl (C=O) groups is 1. The SMILES string of the molecule is CCC(C(=O)O)c1ncncc1Cl. The molecule has 0 amide bonds. The molecular formula is C8H9ClN2O2. The first-order chi connectivity index (χ1) is 6.16. The van der Waals surface area contributed by atoms with Gasteiger partial charge >= 0.3 is 5.97 Å². The second kappa shape index (κ2) is 4.18. The fraction of sp³-hybridized carbons (Fsp3) is 0.375. The lowest BCUT2D eigenvalue weighted by Gasteiger charge is -2.09. The Labute approximate surface area is 80.6 Å². The van der Waals surface area contributed by atoms with E-state index in [1.54, 1.807) is 6.92 Å². The van der Waals surface area contributed by atoms with E-state index in [4.69, 9.17) is 16.7 Å². The molecule has 0 fully saturated rings. The van der Waals surface area contributed by atoms with E-state index in [0.717, 1.165) is 0 Å². The van der Waals surface area contributed by atoms with Crippen LogP contribution in [0, 0.1) is 0 Å². The molecule has 1 unspecified atom stereocenters. The highest BCUT2D eigenvalue weighted by Gasteiger charge is 2.21. The second-order valence-corrected chi connectivity index (χ2v) is 2.96. The minimum Gasteiger partial charge on any atom is -0.481 e. The molecule has 0 bridgehead atoms. The molecule has 70 valence electrons. The highest BCUT2D eigenvalue weighted by Crippen LogP contribution is 2.23. The molecular weight excluding hydrogens is 192 g/mol. The molecule has 1 aromatic heterocycles. The summed E-state index contributed by atoms with van der Waals surface area (Å²) in [4.78, 5) is 18.3. The number of rotatable bonds is 3. The molecule has 0 spiro atoms. The molecule has 1 aromatic rings. The third-order valence-electron chi connectivity index (χ3n) is 1.73. The van der Waals surface area contributed by atoms with Gasteiger partial charge in [0, 0.05) is 6.20 Å². The molecule has 1 N–H and O–H groups in total. The van der Waals surface area contributed by atoms with Crippen LogP contribution in [0.4, 0.5) is 0 Å². The number of carboxylic acids is 1. The van der Waals surface area contributed by atoms with Crippen LogP contribution in [-0.4, -0.2) is 21.0 Å². The van der Waals surface area contributed by atoms with Gasteiger partial charge in [0.25, 0.3) is 0 Å². The molecule has 5 heteroatoms. The van der Waals surface area contributed by atoms with Crippen molar-refractivity contribution in [2.45, 2.75) is 19.3 Å². The molecule has 0 radical (unpaired) electrons. The minimum absolute atomic E-state index is 0.303. The van der Waals surface area contributed by atoms with Crippen LogP contribution in [0.1, 0.15) is 25.0 Å². The van der Waals surface area contributed by atoms with Crippen LogP contribution < -0.4 is 0 Å². The highest BCUT2D eigenvalue weighted by molar-refractivity contribution is 6.31. The average molecular weight is 201 g/mol. The first-order valence-electron chi connectivity index (χ1n) is 3.85. The topological polar surface area (TPSA) is 63.1 Å². The summed E-state index contributed by atoms with van der Waals surface area (Å²) in [7, 11) is 0. The van der Waals surface area contributed by atoms with E-state index in [1.165, 1.54) is 12.5 Å². The number of hydrogen-bond donors (Lipinski definition) is 1. The van der Waals surface area contributed by atoms with Crippen LogP contribution >= 0.6 is 11.6 Å². The van der Waals surface area contributed by atoms with Gasteiger partial charge in [-0.2, -0.15) is 0 Å². The van der Waals surface area contributed by atoms with E-state index in [1.807, 2.05) is 0 Å². The summed E-state index contributed by atoms with van der Waals surface area (Å²) >= 11 is 5.75. The van der Waals surface area contributed by atoms with Gasteiger partial charge in [-0.1, -0.05) is 18.5 Å². The van der Waals surface area contributed by atoms with Crippen molar-refractivity contribution in [3.05, 3.63) is 23.2 Å². The number of carboxylic acid groups (broad SMARTS) is 1. The van der Waals surface area contributed by atoms with Crippen LogP contribution in [0.25, 0.3) is 0 Å². The van der Waals surface area contributed by atoms with E-state index in [2.05, 4.69) is 9.97 Å². The van der Waals surface area contributed by atoms with Crippen molar-refractivity contribution in [3.8, 4) is 0 Å². The fourth-order valence-electron chi connectivity index (χ4n) is 1.06. The number of aromatic nitrogens is 2. The first kappa shape index (κ1) is 9.92. The van der Waals surface area contributed by atoms with E-state index in [9.17, 15) is 4.79 Å². The third kappa shape index (κ3) is 2.15. The van der Waals surface area contributed by atoms with Crippen LogP contribution in [-0.2, 0) is 4.79 Å². The predicted octanol–water partition coefficient (Wildman–Crippen LogP) is 1.71. The lowest BCUT2D eigenvalue weighted by atomic mass is 10.0. The Bertz CT molecular complexity index is 317. The van der Waals surface area contributed by atoms with Gasteiger partial charge in [0.05, 0.1) is 10.7 Å². The van der Waals surface area contributed by atoms with E-state index in [-0.39, 0.29) is 0 Å². The Morgan fingerprint density at radius 1 is 1.77 bits per heavy atom. The Morgan fingerprint density at radius 3 is 2.92 bits per heavy atom. The quantitative estimate of drug-likeness (QED) is 0.807. The van der Waals surface area contributed by atoms with Crippen molar-refractivity contribution < 1.29 is 9.90 Å². The lowest BCUT2D eigenvalue weighted by Crippen LogP contribution is -2.12. The molecule has 1 rings (SSSR count). The van der Waals surface area contributed by atoms with E-state index < -0.39 is 11.9 Å². The maximum Gasteiger partial charge on any atom is 0.312 e. The van der Waals surface area contributed by atoms with Crippen LogP contribution in [0.3, 0.4) is 0 Å². The monoisotopic (exact) mass is 200 g/mol. The van der Waals surface area contributed by atoms with Gasteiger partial charge in [-0.3, -0.25) is 4.79 Å². The van der Waals surface area contributed by atoms with Gasteiger partial charge in [-0.05, 0) is 6.42 Å². The van der Waals surface area contributed by atoms with Crippen molar-refractivity contribution in [2.24, 2.45) is 0 Å². The van der Waals surface area contributed by atoms with Crippen LogP contribution in [0.5, 0.6) is 0 Å². The van der Waals surface area contributed by atoms with E-state index in [0.29, 0.717) is 17.1 Å². The van der Waals surface area contributed by atoms with Gasteiger partial charge in [-0.25, -0.2) is 9.97 Å². The van der Waals surface area contributed by atoms with Gasteiger partial charge < -0.3 is 5.11 Å². The Kier molecular flexibility index (Phi) is 3.19. The summed E-state index contributed by atoms with van der Waals surface area (Å²) in [6, 6.07) is 0. The summed E-state index contributed by atoms with van der Waals surface area (Å²) in [5.41, 5.74) is 0.381. The van der Waals surface area contributed by atoms with Crippen molar-refractivity contribution in [1.82, 2.24) is 9.97 Å².